The molecule has 1 aromatic heterocycles. The number of guanidine groups is 1. The molecule has 0 bridgehead atoms. The summed E-state index contributed by atoms with van der Waals surface area (Å²) >= 11 is 1.59. The zero-order valence-corrected chi connectivity index (χ0v) is 17.5. The predicted octanol–water partition coefficient (Wildman–Crippen LogP) is 4.37. The van der Waals surface area contributed by atoms with Crippen molar-refractivity contribution in [2.75, 3.05) is 18.1 Å². The van der Waals surface area contributed by atoms with E-state index in [2.05, 4.69) is 29.8 Å². The maximum Gasteiger partial charge on any atom is 0.573 e. The quantitative estimate of drug-likeness (QED) is 0.273. The smallest absolute Gasteiger partial charge is 0.404 e. The lowest BCUT2D eigenvalue weighted by Crippen LogP contribution is -2.24. The highest BCUT2D eigenvalue weighted by Crippen LogP contribution is 2.33. The summed E-state index contributed by atoms with van der Waals surface area (Å²) in [7, 11) is 0. The topological polar surface area (TPSA) is 90.3 Å². The van der Waals surface area contributed by atoms with Crippen LogP contribution in [0, 0.1) is 0 Å². The summed E-state index contributed by atoms with van der Waals surface area (Å²) in [5.74, 6) is 0.601. The van der Waals surface area contributed by atoms with Gasteiger partial charge in [-0.25, -0.2) is 0 Å². The van der Waals surface area contributed by atoms with E-state index in [9.17, 15) is 13.2 Å². The molecule has 3 N–H and O–H groups in total. The van der Waals surface area contributed by atoms with Crippen LogP contribution in [-0.2, 0) is 6.42 Å². The molecule has 0 unspecified atom stereocenters. The predicted molar refractivity (Wildman–Crippen MR) is 111 cm³/mol. The number of para-hydroxylation sites is 2. The Morgan fingerprint density at radius 2 is 2.03 bits per heavy atom. The second-order valence-corrected chi connectivity index (χ2v) is 7.72. The summed E-state index contributed by atoms with van der Waals surface area (Å²) in [6.45, 7) is 0.410. The molecule has 2 aromatic rings. The maximum atomic E-state index is 12.5. The van der Waals surface area contributed by atoms with E-state index in [1.807, 2.05) is 6.26 Å². The summed E-state index contributed by atoms with van der Waals surface area (Å²) in [5, 5.41) is 12.2. The van der Waals surface area contributed by atoms with Crippen molar-refractivity contribution in [2.45, 2.75) is 56.1 Å². The Morgan fingerprint density at radius 1 is 1.30 bits per heavy atom. The molecule has 1 fully saturated rings. The normalized spacial score (nSPS) is 15.5. The van der Waals surface area contributed by atoms with Crippen molar-refractivity contribution < 1.29 is 17.9 Å². The van der Waals surface area contributed by atoms with Crippen LogP contribution in [0.1, 0.15) is 44.0 Å². The van der Waals surface area contributed by atoms with E-state index in [1.165, 1.54) is 31.0 Å². The first-order valence-electron chi connectivity index (χ1n) is 9.77. The second kappa shape index (κ2) is 10.1. The number of hydrogen-bond acceptors (Lipinski definition) is 5. The molecule has 30 heavy (non-hydrogen) atoms. The molecule has 164 valence electrons. The van der Waals surface area contributed by atoms with Gasteiger partial charge >= 0.3 is 6.36 Å². The Morgan fingerprint density at radius 3 is 2.73 bits per heavy atom. The van der Waals surface area contributed by atoms with E-state index < -0.39 is 6.36 Å². The molecule has 11 heteroatoms. The monoisotopic (exact) mass is 442 g/mol. The summed E-state index contributed by atoms with van der Waals surface area (Å²) < 4.78 is 43.8. The van der Waals surface area contributed by atoms with E-state index in [4.69, 9.17) is 5.73 Å². The Balaban J connectivity index is 1.56. The van der Waals surface area contributed by atoms with Gasteiger partial charge in [0.05, 0.1) is 5.69 Å². The summed E-state index contributed by atoms with van der Waals surface area (Å²) in [6.07, 6.45) is 3.35. The van der Waals surface area contributed by atoms with Crippen LogP contribution in [0.15, 0.2) is 34.4 Å². The van der Waals surface area contributed by atoms with Crippen molar-refractivity contribution in [1.82, 2.24) is 14.8 Å². The highest BCUT2D eigenvalue weighted by molar-refractivity contribution is 7.98. The Labute approximate surface area is 177 Å². The molecule has 1 aliphatic carbocycles. The minimum Gasteiger partial charge on any atom is -0.404 e. The maximum absolute atomic E-state index is 12.5. The van der Waals surface area contributed by atoms with Crippen molar-refractivity contribution in [3.63, 3.8) is 0 Å². The third-order valence-corrected chi connectivity index (χ3v) is 5.47. The van der Waals surface area contributed by atoms with Crippen molar-refractivity contribution >= 4 is 23.4 Å². The number of thioether (sulfide) groups is 1. The van der Waals surface area contributed by atoms with Gasteiger partial charge in [0.1, 0.15) is 5.82 Å². The van der Waals surface area contributed by atoms with Crippen molar-refractivity contribution in [1.29, 1.82) is 0 Å². The van der Waals surface area contributed by atoms with Gasteiger partial charge in [0.2, 0.25) is 0 Å². The van der Waals surface area contributed by atoms with Crippen LogP contribution in [0.3, 0.4) is 0 Å². The average Bonchev–Trinajstić information content (AvgIpc) is 3.34. The number of benzene rings is 1. The molecule has 1 aromatic carbocycles. The fraction of sp³-hybridized carbons (Fsp3) is 0.526. The number of nitrogens with two attached hydrogens (primary N) is 1. The van der Waals surface area contributed by atoms with E-state index in [0.717, 1.165) is 23.8 Å². The van der Waals surface area contributed by atoms with E-state index in [0.29, 0.717) is 25.4 Å². The van der Waals surface area contributed by atoms with Gasteiger partial charge in [-0.15, -0.1) is 23.4 Å². The van der Waals surface area contributed by atoms with Gasteiger partial charge in [0.15, 0.2) is 16.9 Å². The van der Waals surface area contributed by atoms with Gasteiger partial charge in [-0.05, 0) is 37.7 Å². The molecule has 0 atom stereocenters. The first-order chi connectivity index (χ1) is 14.4. The van der Waals surface area contributed by atoms with Gasteiger partial charge in [0, 0.05) is 19.0 Å². The number of nitrogens with one attached hydrogen (secondary N) is 1. The number of hydrogen-bond donors (Lipinski definition) is 2. The van der Waals surface area contributed by atoms with E-state index in [1.54, 1.807) is 17.8 Å². The number of nitrogens with zero attached hydrogens (tertiary/aromatic N) is 4. The molecule has 7 nitrogen and oxygen atoms in total. The molecule has 0 aliphatic heterocycles. The number of aromatic nitrogens is 3. The molecule has 0 radical (unpaired) electrons. The number of halogens is 3. The number of ether oxygens (including phenoxy) is 1. The lowest BCUT2D eigenvalue weighted by atomic mass is 10.2. The number of anilines is 1. The van der Waals surface area contributed by atoms with Crippen LogP contribution in [0.25, 0.3) is 0 Å². The van der Waals surface area contributed by atoms with Crippen molar-refractivity contribution in [2.24, 2.45) is 10.7 Å². The van der Waals surface area contributed by atoms with Crippen molar-refractivity contribution in [3.8, 4) is 5.75 Å². The number of rotatable bonds is 8. The molecule has 1 aliphatic rings. The molecular formula is C19H25F3N6OS. The molecular weight excluding hydrogens is 417 g/mol. The van der Waals surface area contributed by atoms with Crippen LogP contribution in [-0.4, -0.2) is 39.9 Å². The van der Waals surface area contributed by atoms with Gasteiger partial charge in [-0.1, -0.05) is 36.7 Å². The zero-order chi connectivity index (χ0) is 21.6. The van der Waals surface area contributed by atoms with Gasteiger partial charge < -0.3 is 20.4 Å². The second-order valence-electron chi connectivity index (χ2n) is 6.95. The van der Waals surface area contributed by atoms with E-state index in [-0.39, 0.29) is 17.4 Å². The first kappa shape index (κ1) is 22.3. The Bertz CT molecular complexity index is 864. The molecule has 0 amide bonds. The third kappa shape index (κ3) is 6.04. The van der Waals surface area contributed by atoms with Crippen molar-refractivity contribution in [3.05, 3.63) is 30.1 Å². The SMILES string of the molecule is CSc1nnc(CCCN=C(N)Nc2ccccc2OC(F)(F)F)n1C1CCCC1. The molecule has 1 saturated carbocycles. The van der Waals surface area contributed by atoms with E-state index >= 15 is 0 Å². The van der Waals surface area contributed by atoms with Gasteiger partial charge in [-0.2, -0.15) is 0 Å². The Kier molecular flexibility index (Phi) is 7.46. The van der Waals surface area contributed by atoms with Crippen LogP contribution in [0.4, 0.5) is 18.9 Å². The van der Waals surface area contributed by atoms with Crippen LogP contribution in [0.5, 0.6) is 5.75 Å². The fourth-order valence-electron chi connectivity index (χ4n) is 3.54. The van der Waals surface area contributed by atoms with Crippen LogP contribution >= 0.6 is 11.8 Å². The third-order valence-electron chi connectivity index (χ3n) is 4.82. The summed E-state index contributed by atoms with van der Waals surface area (Å²) in [4.78, 5) is 4.21. The Hall–Kier alpha value is -2.43. The molecule has 1 heterocycles. The summed E-state index contributed by atoms with van der Waals surface area (Å²) in [6, 6.07) is 6.14. The highest BCUT2D eigenvalue weighted by atomic mass is 32.2. The molecule has 0 spiro atoms. The number of alkyl halides is 3. The van der Waals surface area contributed by atoms with Crippen LogP contribution < -0.4 is 15.8 Å². The zero-order valence-electron chi connectivity index (χ0n) is 16.7. The van der Waals surface area contributed by atoms with Crippen LogP contribution in [0.2, 0.25) is 0 Å². The largest absolute Gasteiger partial charge is 0.573 e. The summed E-state index contributed by atoms with van der Waals surface area (Å²) in [5.41, 5.74) is 5.94. The standard InChI is InChI=1S/C19H25F3N6OS/c1-30-18-27-26-16(28(18)13-7-2-3-8-13)11-6-12-24-17(23)25-14-9-4-5-10-15(14)29-19(20,21)22/h4-5,9-10,13H,2-3,6-8,11-12H2,1H3,(H3,23,24,25). The van der Waals surface area contributed by atoms with Gasteiger partial charge in [0.25, 0.3) is 0 Å². The fourth-order valence-corrected chi connectivity index (χ4v) is 4.12. The minimum absolute atomic E-state index is 0.0234. The highest BCUT2D eigenvalue weighted by Gasteiger charge is 2.32. The molecule has 0 saturated heterocycles. The minimum atomic E-state index is -4.78. The lowest BCUT2D eigenvalue weighted by Gasteiger charge is -2.16. The first-order valence-corrected chi connectivity index (χ1v) is 11.0. The lowest BCUT2D eigenvalue weighted by molar-refractivity contribution is -0.274. The average molecular weight is 443 g/mol. The molecule has 3 rings (SSSR count). The van der Waals surface area contributed by atoms with Gasteiger partial charge in [-0.3, -0.25) is 4.99 Å². The number of aliphatic imine (C=N–C) groups is 1. The number of aryl methyl sites for hydroxylation is 1.